The van der Waals surface area contributed by atoms with Crippen molar-refractivity contribution in [2.75, 3.05) is 6.61 Å². The predicted octanol–water partition coefficient (Wildman–Crippen LogP) is 3.35. The van der Waals surface area contributed by atoms with E-state index in [1.165, 1.54) is 4.57 Å². The lowest BCUT2D eigenvalue weighted by molar-refractivity contribution is 0.0936. The summed E-state index contributed by atoms with van der Waals surface area (Å²) >= 11 is 0. The van der Waals surface area contributed by atoms with E-state index in [0.29, 0.717) is 46.8 Å². The zero-order valence-corrected chi connectivity index (χ0v) is 17.5. The molecule has 2 aromatic carbocycles. The minimum atomic E-state index is -0.715. The Hall–Kier alpha value is -3.81. The first-order chi connectivity index (χ1) is 14.9. The molecule has 4 aromatic rings. The highest BCUT2D eigenvalue weighted by Gasteiger charge is 2.18. The summed E-state index contributed by atoms with van der Waals surface area (Å²) in [5, 5.41) is 3.80. The van der Waals surface area contributed by atoms with E-state index in [-0.39, 0.29) is 5.91 Å². The van der Waals surface area contributed by atoms with Crippen molar-refractivity contribution in [3.05, 3.63) is 74.5 Å². The Morgan fingerprint density at radius 3 is 2.74 bits per heavy atom. The molecular weight excluding hydrogens is 398 g/mol. The number of fused-ring (bicyclic) bond motifs is 2. The van der Waals surface area contributed by atoms with Crippen molar-refractivity contribution in [1.29, 1.82) is 0 Å². The molecule has 1 atom stereocenters. The van der Waals surface area contributed by atoms with Crippen LogP contribution in [0.15, 0.2) is 56.5 Å². The number of carbonyl (C=O) groups excluding carboxylic acids is 1. The van der Waals surface area contributed by atoms with Gasteiger partial charge in [-0.1, -0.05) is 12.1 Å². The number of ether oxygens (including phenoxy) is 1. The van der Waals surface area contributed by atoms with E-state index < -0.39 is 17.2 Å². The smallest absolute Gasteiger partial charge is 0.316 e. The molecule has 0 aliphatic heterocycles. The lowest BCUT2D eigenvalue weighted by Gasteiger charge is -2.13. The molecule has 160 valence electrons. The van der Waals surface area contributed by atoms with Gasteiger partial charge >= 0.3 is 11.1 Å². The van der Waals surface area contributed by atoms with Gasteiger partial charge in [0.2, 0.25) is 0 Å². The number of rotatable bonds is 6. The molecular formula is C23H23N3O5. The van der Waals surface area contributed by atoms with Gasteiger partial charge in [-0.05, 0) is 51.1 Å². The third-order valence-electron chi connectivity index (χ3n) is 5.15. The summed E-state index contributed by atoms with van der Waals surface area (Å²) in [6.45, 7) is 6.40. The summed E-state index contributed by atoms with van der Waals surface area (Å²) in [6.07, 6.45) is 0. The van der Waals surface area contributed by atoms with E-state index in [4.69, 9.17) is 9.15 Å². The van der Waals surface area contributed by atoms with Gasteiger partial charge in [0.1, 0.15) is 5.76 Å². The minimum Gasteiger partial charge on any atom is -0.490 e. The highest BCUT2D eigenvalue weighted by Crippen LogP contribution is 2.31. The molecule has 0 saturated heterocycles. The fourth-order valence-corrected chi connectivity index (χ4v) is 3.62. The Morgan fingerprint density at radius 1 is 1.19 bits per heavy atom. The second-order valence-corrected chi connectivity index (χ2v) is 7.19. The molecule has 2 heterocycles. The lowest BCUT2D eigenvalue weighted by Crippen LogP contribution is -2.36. The number of nitrogens with one attached hydrogen (secondary N) is 2. The molecule has 2 N–H and O–H groups in total. The average Bonchev–Trinajstić information content (AvgIpc) is 3.20. The van der Waals surface area contributed by atoms with Crippen LogP contribution in [0.2, 0.25) is 0 Å². The summed E-state index contributed by atoms with van der Waals surface area (Å²) in [5.41, 5.74) is 0.669. The molecule has 0 bridgehead atoms. The van der Waals surface area contributed by atoms with Crippen molar-refractivity contribution in [3.63, 3.8) is 0 Å². The fourth-order valence-electron chi connectivity index (χ4n) is 3.62. The summed E-state index contributed by atoms with van der Waals surface area (Å²) in [4.78, 5) is 39.3. The second kappa shape index (κ2) is 8.14. The predicted molar refractivity (Wildman–Crippen MR) is 118 cm³/mol. The van der Waals surface area contributed by atoms with Gasteiger partial charge < -0.3 is 24.0 Å². The number of nitrogens with zero attached hydrogens (tertiary/aromatic N) is 1. The quantitative estimate of drug-likeness (QED) is 0.465. The van der Waals surface area contributed by atoms with Crippen molar-refractivity contribution in [2.45, 2.75) is 33.4 Å². The monoisotopic (exact) mass is 421 g/mol. The van der Waals surface area contributed by atoms with Crippen LogP contribution < -0.4 is 21.2 Å². The Kier molecular flexibility index (Phi) is 5.37. The Morgan fingerprint density at radius 2 is 2.00 bits per heavy atom. The number of aromatic amines is 1. The van der Waals surface area contributed by atoms with Crippen LogP contribution in [-0.2, 0) is 6.54 Å². The maximum Gasteiger partial charge on any atom is 0.316 e. The summed E-state index contributed by atoms with van der Waals surface area (Å²) in [5.74, 6) is 0.935. The van der Waals surface area contributed by atoms with Gasteiger partial charge in [-0.3, -0.25) is 14.4 Å². The molecule has 0 spiro atoms. The standard InChI is InChI=1S/C23H23N3O5/c1-4-26-17-10-9-15(11-16(17)25-22(28)23(26)29)21(27)24-13(3)19-12-14-7-6-8-18(30-5-2)20(14)31-19/h6-13H,4-5H2,1-3H3,(H,24,27)(H,25,28)/t13-/m0/s1. The number of aromatic nitrogens is 2. The molecule has 0 aliphatic carbocycles. The highest BCUT2D eigenvalue weighted by atomic mass is 16.5. The molecule has 0 fully saturated rings. The first-order valence-corrected chi connectivity index (χ1v) is 10.2. The average molecular weight is 421 g/mol. The van der Waals surface area contributed by atoms with Gasteiger partial charge in [0.25, 0.3) is 5.91 Å². The van der Waals surface area contributed by atoms with E-state index in [1.807, 2.05) is 38.1 Å². The number of para-hydroxylation sites is 1. The molecule has 0 unspecified atom stereocenters. The van der Waals surface area contributed by atoms with E-state index in [2.05, 4.69) is 10.3 Å². The normalized spacial score (nSPS) is 12.2. The van der Waals surface area contributed by atoms with E-state index in [9.17, 15) is 14.4 Å². The van der Waals surface area contributed by atoms with Gasteiger partial charge in [-0.2, -0.15) is 0 Å². The van der Waals surface area contributed by atoms with Crippen LogP contribution >= 0.6 is 0 Å². The number of aryl methyl sites for hydroxylation is 1. The first kappa shape index (κ1) is 20.5. The maximum atomic E-state index is 12.8. The Balaban J connectivity index is 1.62. The van der Waals surface area contributed by atoms with Gasteiger partial charge in [0, 0.05) is 17.5 Å². The third kappa shape index (κ3) is 3.72. The van der Waals surface area contributed by atoms with Crippen LogP contribution in [0, 0.1) is 0 Å². The minimum absolute atomic E-state index is 0.324. The molecule has 8 heteroatoms. The van der Waals surface area contributed by atoms with Crippen LogP contribution in [-0.4, -0.2) is 22.1 Å². The second-order valence-electron chi connectivity index (χ2n) is 7.19. The van der Waals surface area contributed by atoms with Crippen molar-refractivity contribution in [1.82, 2.24) is 14.9 Å². The van der Waals surface area contributed by atoms with Gasteiger partial charge in [0.05, 0.1) is 23.7 Å². The van der Waals surface area contributed by atoms with Crippen LogP contribution in [0.5, 0.6) is 5.75 Å². The zero-order valence-electron chi connectivity index (χ0n) is 17.5. The number of H-pyrrole nitrogens is 1. The lowest BCUT2D eigenvalue weighted by atomic mass is 10.1. The number of amides is 1. The molecule has 31 heavy (non-hydrogen) atoms. The largest absolute Gasteiger partial charge is 0.490 e. The van der Waals surface area contributed by atoms with Gasteiger partial charge in [0.15, 0.2) is 11.3 Å². The van der Waals surface area contributed by atoms with Gasteiger partial charge in [-0.15, -0.1) is 0 Å². The fraction of sp³-hybridized carbons (Fsp3) is 0.261. The molecule has 0 radical (unpaired) electrons. The summed E-state index contributed by atoms with van der Waals surface area (Å²) < 4.78 is 12.9. The van der Waals surface area contributed by atoms with E-state index in [0.717, 1.165) is 5.39 Å². The Bertz CT molecular complexity index is 1400. The molecule has 0 saturated carbocycles. The molecule has 1 amide bonds. The molecule has 0 aliphatic rings. The summed E-state index contributed by atoms with van der Waals surface area (Å²) in [6, 6.07) is 12.0. The first-order valence-electron chi connectivity index (χ1n) is 10.2. The molecule has 2 aromatic heterocycles. The highest BCUT2D eigenvalue weighted by molar-refractivity contribution is 5.97. The number of hydrogen-bond donors (Lipinski definition) is 2. The van der Waals surface area contributed by atoms with Crippen molar-refractivity contribution >= 4 is 27.9 Å². The maximum absolute atomic E-state index is 12.8. The van der Waals surface area contributed by atoms with E-state index >= 15 is 0 Å². The van der Waals surface area contributed by atoms with Crippen molar-refractivity contribution in [2.24, 2.45) is 0 Å². The van der Waals surface area contributed by atoms with E-state index in [1.54, 1.807) is 25.1 Å². The van der Waals surface area contributed by atoms with Crippen LogP contribution in [0.3, 0.4) is 0 Å². The van der Waals surface area contributed by atoms with Crippen LogP contribution in [0.4, 0.5) is 0 Å². The topological polar surface area (TPSA) is 106 Å². The number of furan rings is 1. The SMILES string of the molecule is CCOc1cccc2cc([C@H](C)NC(=O)c3ccc4c(c3)[nH]c(=O)c(=O)n4CC)oc12. The zero-order chi connectivity index (χ0) is 22.1. The van der Waals surface area contributed by atoms with Crippen LogP contribution in [0.25, 0.3) is 22.0 Å². The molecule has 4 rings (SSSR count). The van der Waals surface area contributed by atoms with Crippen LogP contribution in [0.1, 0.15) is 42.9 Å². The van der Waals surface area contributed by atoms with Crippen molar-refractivity contribution < 1.29 is 13.9 Å². The molecule has 8 nitrogen and oxygen atoms in total. The number of benzene rings is 2. The number of hydrogen-bond acceptors (Lipinski definition) is 5. The third-order valence-corrected chi connectivity index (χ3v) is 5.15. The summed E-state index contributed by atoms with van der Waals surface area (Å²) in [7, 11) is 0. The Labute approximate surface area is 177 Å². The van der Waals surface area contributed by atoms with Gasteiger partial charge in [-0.25, -0.2) is 0 Å². The van der Waals surface area contributed by atoms with Crippen molar-refractivity contribution in [3.8, 4) is 5.75 Å². The number of carbonyl (C=O) groups is 1.